The lowest BCUT2D eigenvalue weighted by atomic mass is 9.97. The number of amides is 1. The van der Waals surface area contributed by atoms with Gasteiger partial charge in [0.15, 0.2) is 0 Å². The number of rotatable bonds is 4. The highest BCUT2D eigenvalue weighted by Gasteiger charge is 2.30. The van der Waals surface area contributed by atoms with Gasteiger partial charge in [0, 0.05) is 11.3 Å². The quantitative estimate of drug-likeness (QED) is 0.827. The topological polar surface area (TPSA) is 41.1 Å². The van der Waals surface area contributed by atoms with Crippen LogP contribution in [0.15, 0.2) is 29.8 Å². The van der Waals surface area contributed by atoms with Crippen molar-refractivity contribution < 1.29 is 9.18 Å². The normalized spacial score (nSPS) is 21.4. The van der Waals surface area contributed by atoms with E-state index in [9.17, 15) is 9.18 Å². The standard InChI is InChI=1S/C16H19FN2O/c17-12-6-7-14-13(10-12)15(16(20)19-14)18-9-8-11-4-2-1-3-5-11/h4,6-7,10,15,18H,1-3,5,8-9H2,(H,19,20). The second kappa shape index (κ2) is 5.75. The predicted molar refractivity (Wildman–Crippen MR) is 76.9 cm³/mol. The van der Waals surface area contributed by atoms with Crippen molar-refractivity contribution in [2.45, 2.75) is 38.1 Å². The van der Waals surface area contributed by atoms with Crippen LogP contribution in [0.2, 0.25) is 0 Å². The fraction of sp³-hybridized carbons (Fsp3) is 0.438. The van der Waals surface area contributed by atoms with E-state index in [4.69, 9.17) is 0 Å². The SMILES string of the molecule is O=C1Nc2ccc(F)cc2C1NCCC1=CCCCC1. The minimum Gasteiger partial charge on any atom is -0.324 e. The number of benzene rings is 1. The van der Waals surface area contributed by atoms with Crippen LogP contribution in [0.25, 0.3) is 0 Å². The Kier molecular flexibility index (Phi) is 3.83. The molecule has 0 spiro atoms. The first kappa shape index (κ1) is 13.3. The van der Waals surface area contributed by atoms with E-state index < -0.39 is 6.04 Å². The number of halogens is 1. The van der Waals surface area contributed by atoms with E-state index in [0.717, 1.165) is 13.0 Å². The lowest BCUT2D eigenvalue weighted by Gasteiger charge is -2.15. The van der Waals surface area contributed by atoms with Crippen LogP contribution in [-0.2, 0) is 4.79 Å². The number of hydrogen-bond acceptors (Lipinski definition) is 2. The minimum atomic E-state index is -0.426. The maximum Gasteiger partial charge on any atom is 0.246 e. The van der Waals surface area contributed by atoms with E-state index in [2.05, 4.69) is 16.7 Å². The molecule has 2 aliphatic rings. The average Bonchev–Trinajstić information content (AvgIpc) is 2.76. The van der Waals surface area contributed by atoms with Gasteiger partial charge >= 0.3 is 0 Å². The number of allylic oxidation sites excluding steroid dienone is 1. The summed E-state index contributed by atoms with van der Waals surface area (Å²) in [6, 6.07) is 4.00. The van der Waals surface area contributed by atoms with Crippen molar-refractivity contribution in [2.24, 2.45) is 0 Å². The first-order valence-electron chi connectivity index (χ1n) is 7.25. The number of fused-ring (bicyclic) bond motifs is 1. The Balaban J connectivity index is 1.62. The number of nitrogens with one attached hydrogen (secondary N) is 2. The van der Waals surface area contributed by atoms with E-state index in [-0.39, 0.29) is 11.7 Å². The predicted octanol–water partition coefficient (Wildman–Crippen LogP) is 3.30. The van der Waals surface area contributed by atoms with Gasteiger partial charge in [0.1, 0.15) is 11.9 Å². The number of anilines is 1. The molecule has 2 N–H and O–H groups in total. The van der Waals surface area contributed by atoms with Crippen LogP contribution in [0.5, 0.6) is 0 Å². The maximum absolute atomic E-state index is 13.3. The van der Waals surface area contributed by atoms with Gasteiger partial charge < -0.3 is 10.6 Å². The first-order chi connectivity index (χ1) is 9.74. The van der Waals surface area contributed by atoms with Crippen molar-refractivity contribution >= 4 is 11.6 Å². The Bertz CT molecular complexity index is 553. The van der Waals surface area contributed by atoms with Crippen LogP contribution in [0.1, 0.15) is 43.7 Å². The summed E-state index contributed by atoms with van der Waals surface area (Å²) in [7, 11) is 0. The third kappa shape index (κ3) is 2.75. The third-order valence-corrected chi connectivity index (χ3v) is 4.02. The molecule has 20 heavy (non-hydrogen) atoms. The van der Waals surface area contributed by atoms with E-state index >= 15 is 0 Å². The molecule has 1 heterocycles. The fourth-order valence-corrected chi connectivity index (χ4v) is 2.94. The van der Waals surface area contributed by atoms with Gasteiger partial charge in [-0.3, -0.25) is 4.79 Å². The zero-order valence-corrected chi connectivity index (χ0v) is 11.4. The molecule has 1 unspecified atom stereocenters. The van der Waals surface area contributed by atoms with E-state index in [0.29, 0.717) is 11.3 Å². The molecule has 1 aromatic carbocycles. The maximum atomic E-state index is 13.3. The smallest absolute Gasteiger partial charge is 0.246 e. The number of carbonyl (C=O) groups excluding carboxylic acids is 1. The van der Waals surface area contributed by atoms with Gasteiger partial charge in [-0.15, -0.1) is 0 Å². The molecule has 0 saturated heterocycles. The molecule has 3 rings (SSSR count). The van der Waals surface area contributed by atoms with Crippen LogP contribution < -0.4 is 10.6 Å². The van der Waals surface area contributed by atoms with Crippen molar-refractivity contribution in [1.29, 1.82) is 0 Å². The van der Waals surface area contributed by atoms with E-state index in [1.165, 1.54) is 43.4 Å². The van der Waals surface area contributed by atoms with Crippen LogP contribution in [0.4, 0.5) is 10.1 Å². The van der Waals surface area contributed by atoms with Gasteiger partial charge in [-0.1, -0.05) is 11.6 Å². The van der Waals surface area contributed by atoms with Gasteiger partial charge in [-0.2, -0.15) is 0 Å². The summed E-state index contributed by atoms with van der Waals surface area (Å²) in [4.78, 5) is 11.9. The van der Waals surface area contributed by atoms with Crippen molar-refractivity contribution in [1.82, 2.24) is 5.32 Å². The Labute approximate surface area is 118 Å². The largest absolute Gasteiger partial charge is 0.324 e. The van der Waals surface area contributed by atoms with Crippen molar-refractivity contribution in [3.63, 3.8) is 0 Å². The first-order valence-corrected chi connectivity index (χ1v) is 7.25. The monoisotopic (exact) mass is 274 g/mol. The molecule has 1 aliphatic carbocycles. The highest BCUT2D eigenvalue weighted by Crippen LogP contribution is 2.31. The second-order valence-electron chi connectivity index (χ2n) is 5.47. The zero-order chi connectivity index (χ0) is 13.9. The van der Waals surface area contributed by atoms with Crippen LogP contribution in [0, 0.1) is 5.82 Å². The van der Waals surface area contributed by atoms with E-state index in [1.807, 2.05) is 0 Å². The lowest BCUT2D eigenvalue weighted by Crippen LogP contribution is -2.28. The summed E-state index contributed by atoms with van der Waals surface area (Å²) in [5.41, 5.74) is 2.90. The molecule has 1 aliphatic heterocycles. The molecule has 0 bridgehead atoms. The molecule has 1 amide bonds. The van der Waals surface area contributed by atoms with Gasteiger partial charge in [-0.25, -0.2) is 4.39 Å². The molecule has 0 fully saturated rings. The van der Waals surface area contributed by atoms with Crippen LogP contribution in [-0.4, -0.2) is 12.5 Å². The molecule has 3 nitrogen and oxygen atoms in total. The molecular weight excluding hydrogens is 255 g/mol. The van der Waals surface area contributed by atoms with Crippen LogP contribution >= 0.6 is 0 Å². The number of hydrogen-bond donors (Lipinski definition) is 2. The fourth-order valence-electron chi connectivity index (χ4n) is 2.94. The second-order valence-corrected chi connectivity index (χ2v) is 5.47. The Hall–Kier alpha value is -1.68. The van der Waals surface area contributed by atoms with Crippen molar-refractivity contribution in [2.75, 3.05) is 11.9 Å². The highest BCUT2D eigenvalue weighted by atomic mass is 19.1. The summed E-state index contributed by atoms with van der Waals surface area (Å²) in [6.07, 6.45) is 8.18. The summed E-state index contributed by atoms with van der Waals surface area (Å²) < 4.78 is 13.3. The Morgan fingerprint density at radius 2 is 2.25 bits per heavy atom. The van der Waals surface area contributed by atoms with Gasteiger partial charge in [0.2, 0.25) is 5.91 Å². The summed E-state index contributed by atoms with van der Waals surface area (Å²) >= 11 is 0. The minimum absolute atomic E-state index is 0.0942. The Morgan fingerprint density at radius 1 is 1.35 bits per heavy atom. The molecule has 0 aromatic heterocycles. The molecule has 0 saturated carbocycles. The van der Waals surface area contributed by atoms with Crippen molar-refractivity contribution in [3.8, 4) is 0 Å². The Morgan fingerprint density at radius 3 is 3.05 bits per heavy atom. The lowest BCUT2D eigenvalue weighted by molar-refractivity contribution is -0.117. The zero-order valence-electron chi connectivity index (χ0n) is 11.4. The third-order valence-electron chi connectivity index (χ3n) is 4.02. The van der Waals surface area contributed by atoms with Gasteiger partial charge in [0.25, 0.3) is 0 Å². The van der Waals surface area contributed by atoms with E-state index in [1.54, 1.807) is 6.07 Å². The molecular formula is C16H19FN2O. The van der Waals surface area contributed by atoms with Gasteiger partial charge in [-0.05, 0) is 56.8 Å². The van der Waals surface area contributed by atoms with Gasteiger partial charge in [0.05, 0.1) is 0 Å². The molecule has 1 aromatic rings. The summed E-state index contributed by atoms with van der Waals surface area (Å²) in [5, 5.41) is 6.02. The average molecular weight is 274 g/mol. The summed E-state index contributed by atoms with van der Waals surface area (Å²) in [6.45, 7) is 0.750. The summed E-state index contributed by atoms with van der Waals surface area (Å²) in [5.74, 6) is -0.398. The molecule has 106 valence electrons. The molecule has 4 heteroatoms. The van der Waals surface area contributed by atoms with Crippen molar-refractivity contribution in [3.05, 3.63) is 41.2 Å². The molecule has 0 radical (unpaired) electrons. The molecule has 1 atom stereocenters. The van der Waals surface area contributed by atoms with Crippen LogP contribution in [0.3, 0.4) is 0 Å². The highest BCUT2D eigenvalue weighted by molar-refractivity contribution is 6.02. The number of carbonyl (C=O) groups is 1.